The predicted octanol–water partition coefficient (Wildman–Crippen LogP) is 3.88. The monoisotopic (exact) mass is 389 g/mol. The van der Waals surface area contributed by atoms with Gasteiger partial charge in [-0.1, -0.05) is 18.2 Å². The van der Waals surface area contributed by atoms with Crippen LogP contribution in [0.2, 0.25) is 0 Å². The number of para-hydroxylation sites is 1. The third kappa shape index (κ3) is 4.27. The lowest BCUT2D eigenvalue weighted by molar-refractivity contribution is -0.133. The molecule has 0 aliphatic heterocycles. The average Bonchev–Trinajstić information content (AvgIpc) is 2.58. The maximum absolute atomic E-state index is 12.3. The molecule has 6 heteroatoms. The fraction of sp³-hybridized carbons (Fsp3) is 0.222. The lowest BCUT2D eigenvalue weighted by Crippen LogP contribution is -2.13. The quantitative estimate of drug-likeness (QED) is 0.553. The molecule has 0 spiro atoms. The number of rotatable bonds is 6. The second kappa shape index (κ2) is 8.37. The first kappa shape index (κ1) is 17.8. The summed E-state index contributed by atoms with van der Waals surface area (Å²) in [6, 6.07) is 12.4. The number of nitrogens with zero attached hydrogens (tertiary/aromatic N) is 1. The van der Waals surface area contributed by atoms with E-state index in [1.54, 1.807) is 31.4 Å². The number of methoxy groups -OCH3 is 1. The van der Waals surface area contributed by atoms with Crippen LogP contribution in [0.3, 0.4) is 0 Å². The molecule has 0 bridgehead atoms. The minimum atomic E-state index is -0.453. The molecule has 0 atom stereocenters. The molecule has 0 saturated carbocycles. The van der Waals surface area contributed by atoms with E-state index in [1.807, 2.05) is 25.1 Å². The van der Waals surface area contributed by atoms with E-state index in [0.717, 1.165) is 5.56 Å². The molecule has 5 nitrogen and oxygen atoms in total. The molecular weight excluding hydrogens is 374 g/mol. The molecule has 0 N–H and O–H groups in total. The molecule has 0 saturated heterocycles. The Morgan fingerprint density at radius 3 is 2.67 bits per heavy atom. The summed E-state index contributed by atoms with van der Waals surface area (Å²) in [5, 5.41) is 9.03. The molecule has 2 aromatic carbocycles. The molecule has 0 radical (unpaired) electrons. The van der Waals surface area contributed by atoms with Gasteiger partial charge in [-0.3, -0.25) is 4.79 Å². The standard InChI is InChI=1S/C18H16BrNO4/c1-3-23-16-9-12(11-20)8-14(19)18(16)24-17(21)10-13-6-4-5-7-15(13)22-2/h4-9H,3,10H2,1-2H3. The third-order valence-corrected chi connectivity index (χ3v) is 3.77. The number of carbonyl (C=O) groups is 1. The van der Waals surface area contributed by atoms with Crippen LogP contribution in [0.4, 0.5) is 0 Å². The highest BCUT2D eigenvalue weighted by Gasteiger charge is 2.17. The second-order valence-corrected chi connectivity index (χ2v) is 5.65. The van der Waals surface area contributed by atoms with Gasteiger partial charge in [0.1, 0.15) is 5.75 Å². The summed E-state index contributed by atoms with van der Waals surface area (Å²) < 4.78 is 16.6. The van der Waals surface area contributed by atoms with Gasteiger partial charge in [0.15, 0.2) is 11.5 Å². The summed E-state index contributed by atoms with van der Waals surface area (Å²) in [6.07, 6.45) is 0.0576. The Morgan fingerprint density at radius 1 is 1.25 bits per heavy atom. The summed E-state index contributed by atoms with van der Waals surface area (Å²) in [5.74, 6) is 0.775. The van der Waals surface area contributed by atoms with Gasteiger partial charge >= 0.3 is 5.97 Å². The Kier molecular flexibility index (Phi) is 6.21. The Labute approximate surface area is 148 Å². The van der Waals surface area contributed by atoms with Gasteiger partial charge in [0.2, 0.25) is 0 Å². The van der Waals surface area contributed by atoms with Crippen molar-refractivity contribution in [3.05, 3.63) is 52.0 Å². The minimum Gasteiger partial charge on any atom is -0.496 e. The van der Waals surface area contributed by atoms with Gasteiger partial charge in [0.25, 0.3) is 0 Å². The van der Waals surface area contributed by atoms with Gasteiger partial charge in [-0.2, -0.15) is 5.26 Å². The number of nitriles is 1. The Hall–Kier alpha value is -2.52. The molecule has 24 heavy (non-hydrogen) atoms. The van der Waals surface area contributed by atoms with Crippen LogP contribution in [0.25, 0.3) is 0 Å². The van der Waals surface area contributed by atoms with Crippen LogP contribution in [0.1, 0.15) is 18.1 Å². The van der Waals surface area contributed by atoms with Crippen LogP contribution >= 0.6 is 15.9 Å². The summed E-state index contributed by atoms with van der Waals surface area (Å²) in [4.78, 5) is 12.3. The normalized spacial score (nSPS) is 9.92. The van der Waals surface area contributed by atoms with Crippen LogP contribution in [-0.4, -0.2) is 19.7 Å². The summed E-state index contributed by atoms with van der Waals surface area (Å²) >= 11 is 3.32. The molecule has 0 aromatic heterocycles. The largest absolute Gasteiger partial charge is 0.496 e. The van der Waals surface area contributed by atoms with Crippen molar-refractivity contribution in [3.63, 3.8) is 0 Å². The van der Waals surface area contributed by atoms with Crippen LogP contribution in [-0.2, 0) is 11.2 Å². The van der Waals surface area contributed by atoms with Crippen molar-refractivity contribution in [3.8, 4) is 23.3 Å². The van der Waals surface area contributed by atoms with Gasteiger partial charge in [0, 0.05) is 11.6 Å². The lowest BCUT2D eigenvalue weighted by atomic mass is 10.1. The number of hydrogen-bond acceptors (Lipinski definition) is 5. The van der Waals surface area contributed by atoms with Crippen LogP contribution < -0.4 is 14.2 Å². The van der Waals surface area contributed by atoms with Crippen LogP contribution in [0, 0.1) is 11.3 Å². The van der Waals surface area contributed by atoms with Crippen molar-refractivity contribution in [2.45, 2.75) is 13.3 Å². The van der Waals surface area contributed by atoms with Crippen molar-refractivity contribution in [2.24, 2.45) is 0 Å². The zero-order chi connectivity index (χ0) is 17.5. The summed E-state index contributed by atoms with van der Waals surface area (Å²) in [7, 11) is 1.55. The number of esters is 1. The molecule has 124 valence electrons. The average molecular weight is 390 g/mol. The van der Waals surface area contributed by atoms with E-state index >= 15 is 0 Å². The molecule has 0 aliphatic carbocycles. The van der Waals surface area contributed by atoms with Crippen molar-refractivity contribution < 1.29 is 19.0 Å². The number of halogens is 1. The zero-order valence-electron chi connectivity index (χ0n) is 13.3. The smallest absolute Gasteiger partial charge is 0.315 e. The fourth-order valence-electron chi connectivity index (χ4n) is 2.15. The van der Waals surface area contributed by atoms with Gasteiger partial charge in [-0.25, -0.2) is 0 Å². The second-order valence-electron chi connectivity index (χ2n) is 4.79. The van der Waals surface area contributed by atoms with Gasteiger partial charge < -0.3 is 14.2 Å². The van der Waals surface area contributed by atoms with Crippen LogP contribution in [0.15, 0.2) is 40.9 Å². The van der Waals surface area contributed by atoms with Crippen molar-refractivity contribution in [1.82, 2.24) is 0 Å². The van der Waals surface area contributed by atoms with E-state index in [2.05, 4.69) is 15.9 Å². The third-order valence-electron chi connectivity index (χ3n) is 3.18. The summed E-state index contributed by atoms with van der Waals surface area (Å²) in [5.41, 5.74) is 1.14. The van der Waals surface area contributed by atoms with E-state index in [9.17, 15) is 4.79 Å². The Morgan fingerprint density at radius 2 is 2.00 bits per heavy atom. The molecular formula is C18H16BrNO4. The highest BCUT2D eigenvalue weighted by atomic mass is 79.9. The van der Waals surface area contributed by atoms with Gasteiger partial charge in [-0.15, -0.1) is 0 Å². The summed E-state index contributed by atoms with van der Waals surface area (Å²) in [6.45, 7) is 2.20. The molecule has 2 rings (SSSR count). The molecule has 0 amide bonds. The molecule has 0 aliphatic rings. The Bertz CT molecular complexity index is 783. The lowest BCUT2D eigenvalue weighted by Gasteiger charge is -2.13. The SMILES string of the molecule is CCOc1cc(C#N)cc(Br)c1OC(=O)Cc1ccccc1OC. The number of carbonyl (C=O) groups excluding carboxylic acids is 1. The first-order chi connectivity index (χ1) is 11.6. The van der Waals surface area contributed by atoms with E-state index in [-0.39, 0.29) is 12.2 Å². The Balaban J connectivity index is 2.24. The van der Waals surface area contributed by atoms with E-state index in [0.29, 0.717) is 28.1 Å². The van der Waals surface area contributed by atoms with E-state index < -0.39 is 5.97 Å². The first-order valence-corrected chi connectivity index (χ1v) is 8.07. The number of hydrogen-bond donors (Lipinski definition) is 0. The van der Waals surface area contributed by atoms with E-state index in [4.69, 9.17) is 19.5 Å². The molecule has 0 fully saturated rings. The molecule has 0 unspecified atom stereocenters. The minimum absolute atomic E-state index is 0.0576. The molecule has 2 aromatic rings. The number of benzene rings is 2. The maximum atomic E-state index is 12.3. The highest BCUT2D eigenvalue weighted by molar-refractivity contribution is 9.10. The topological polar surface area (TPSA) is 68.5 Å². The highest BCUT2D eigenvalue weighted by Crippen LogP contribution is 2.37. The van der Waals surface area contributed by atoms with E-state index in [1.165, 1.54) is 0 Å². The predicted molar refractivity (Wildman–Crippen MR) is 92.4 cm³/mol. The van der Waals surface area contributed by atoms with Crippen molar-refractivity contribution in [1.29, 1.82) is 5.26 Å². The van der Waals surface area contributed by atoms with Crippen molar-refractivity contribution >= 4 is 21.9 Å². The van der Waals surface area contributed by atoms with Crippen LogP contribution in [0.5, 0.6) is 17.2 Å². The fourth-order valence-corrected chi connectivity index (χ4v) is 2.67. The van der Waals surface area contributed by atoms with Gasteiger partial charge in [-0.05, 0) is 35.0 Å². The van der Waals surface area contributed by atoms with Gasteiger partial charge in [0.05, 0.1) is 36.2 Å². The number of ether oxygens (including phenoxy) is 3. The molecule has 0 heterocycles. The zero-order valence-corrected chi connectivity index (χ0v) is 14.9. The maximum Gasteiger partial charge on any atom is 0.315 e. The van der Waals surface area contributed by atoms with Crippen molar-refractivity contribution in [2.75, 3.05) is 13.7 Å². The first-order valence-electron chi connectivity index (χ1n) is 7.28.